The van der Waals surface area contributed by atoms with Gasteiger partial charge in [-0.25, -0.2) is 0 Å². The van der Waals surface area contributed by atoms with E-state index in [2.05, 4.69) is 5.32 Å². The van der Waals surface area contributed by atoms with Gasteiger partial charge in [0, 0.05) is 13.1 Å². The summed E-state index contributed by atoms with van der Waals surface area (Å²) in [5.74, 6) is -0.114. The lowest BCUT2D eigenvalue weighted by Crippen LogP contribution is -2.32. The molecule has 0 aromatic heterocycles. The summed E-state index contributed by atoms with van der Waals surface area (Å²) < 4.78 is 5.40. The lowest BCUT2D eigenvalue weighted by molar-refractivity contribution is -0.130. The third kappa shape index (κ3) is 5.29. The maximum Gasteiger partial charge on any atom is 0.246 e. The van der Waals surface area contributed by atoms with E-state index in [0.717, 1.165) is 11.1 Å². The number of benzene rings is 1. The van der Waals surface area contributed by atoms with Crippen LogP contribution in [-0.4, -0.2) is 18.1 Å². The zero-order valence-electron chi connectivity index (χ0n) is 11.3. The molecule has 0 saturated carbocycles. The van der Waals surface area contributed by atoms with E-state index in [1.807, 2.05) is 45.0 Å². The van der Waals surface area contributed by atoms with Gasteiger partial charge >= 0.3 is 0 Å². The third-order valence-electron chi connectivity index (χ3n) is 2.45. The van der Waals surface area contributed by atoms with Crippen molar-refractivity contribution in [2.24, 2.45) is 5.73 Å². The van der Waals surface area contributed by atoms with E-state index in [1.165, 1.54) is 0 Å². The van der Waals surface area contributed by atoms with E-state index in [-0.39, 0.29) is 18.1 Å². The van der Waals surface area contributed by atoms with Crippen molar-refractivity contribution >= 4 is 5.91 Å². The second-order valence-electron chi connectivity index (χ2n) is 5.15. The van der Waals surface area contributed by atoms with Gasteiger partial charge in [-0.05, 0) is 31.9 Å². The minimum absolute atomic E-state index is 0.0777. The van der Waals surface area contributed by atoms with Crippen LogP contribution in [0, 0.1) is 0 Å². The Bertz CT molecular complexity index is 397. The standard InChI is InChI=1S/C14H22N2O2/c1-14(2,3)18-10-13(17)16-9-12-7-5-4-6-11(12)8-15/h4-7H,8-10,15H2,1-3H3,(H,16,17). The second-order valence-corrected chi connectivity index (χ2v) is 5.15. The van der Waals surface area contributed by atoms with E-state index in [1.54, 1.807) is 0 Å². The molecule has 4 nitrogen and oxygen atoms in total. The molecule has 0 saturated heterocycles. The first kappa shape index (κ1) is 14.7. The van der Waals surface area contributed by atoms with Crippen LogP contribution in [0.2, 0.25) is 0 Å². The third-order valence-corrected chi connectivity index (χ3v) is 2.45. The van der Waals surface area contributed by atoms with Gasteiger partial charge in [-0.3, -0.25) is 4.79 Å². The van der Waals surface area contributed by atoms with Crippen LogP contribution >= 0.6 is 0 Å². The highest BCUT2D eigenvalue weighted by molar-refractivity contribution is 5.77. The van der Waals surface area contributed by atoms with Gasteiger partial charge in [-0.15, -0.1) is 0 Å². The molecule has 100 valence electrons. The van der Waals surface area contributed by atoms with Gasteiger partial charge in [0.25, 0.3) is 0 Å². The highest BCUT2D eigenvalue weighted by Crippen LogP contribution is 2.08. The molecular weight excluding hydrogens is 228 g/mol. The van der Waals surface area contributed by atoms with Crippen molar-refractivity contribution in [2.45, 2.75) is 39.5 Å². The van der Waals surface area contributed by atoms with Gasteiger partial charge in [0.15, 0.2) is 0 Å². The van der Waals surface area contributed by atoms with E-state index in [9.17, 15) is 4.79 Å². The average molecular weight is 250 g/mol. The normalized spacial score (nSPS) is 11.3. The summed E-state index contributed by atoms with van der Waals surface area (Å²) in [4.78, 5) is 11.6. The van der Waals surface area contributed by atoms with Gasteiger partial charge in [0.1, 0.15) is 6.61 Å². The Labute approximate surface area is 109 Å². The minimum atomic E-state index is -0.299. The van der Waals surface area contributed by atoms with E-state index in [4.69, 9.17) is 10.5 Å². The average Bonchev–Trinajstić information content (AvgIpc) is 2.33. The maximum atomic E-state index is 11.6. The molecule has 1 aromatic carbocycles. The quantitative estimate of drug-likeness (QED) is 0.834. The number of hydrogen-bond acceptors (Lipinski definition) is 3. The van der Waals surface area contributed by atoms with Crippen LogP contribution in [-0.2, 0) is 22.6 Å². The first-order chi connectivity index (χ1) is 8.42. The van der Waals surface area contributed by atoms with Crippen LogP contribution in [0.4, 0.5) is 0 Å². The van der Waals surface area contributed by atoms with Crippen LogP contribution in [0.25, 0.3) is 0 Å². The molecule has 0 unspecified atom stereocenters. The molecule has 0 bridgehead atoms. The zero-order chi connectivity index (χ0) is 13.6. The summed E-state index contributed by atoms with van der Waals surface area (Å²) in [7, 11) is 0. The molecule has 3 N–H and O–H groups in total. The van der Waals surface area contributed by atoms with Crippen molar-refractivity contribution in [2.75, 3.05) is 6.61 Å². The molecule has 0 aliphatic heterocycles. The number of rotatable bonds is 5. The monoisotopic (exact) mass is 250 g/mol. The first-order valence-corrected chi connectivity index (χ1v) is 6.10. The Balaban J connectivity index is 2.43. The van der Waals surface area contributed by atoms with Gasteiger partial charge in [-0.2, -0.15) is 0 Å². The van der Waals surface area contributed by atoms with Crippen molar-refractivity contribution < 1.29 is 9.53 Å². The number of nitrogens with two attached hydrogens (primary N) is 1. The molecule has 0 aliphatic rings. The molecule has 1 aromatic rings. The van der Waals surface area contributed by atoms with Crippen molar-refractivity contribution in [1.82, 2.24) is 5.32 Å². The number of ether oxygens (including phenoxy) is 1. The SMILES string of the molecule is CC(C)(C)OCC(=O)NCc1ccccc1CN. The summed E-state index contributed by atoms with van der Waals surface area (Å²) >= 11 is 0. The summed E-state index contributed by atoms with van der Waals surface area (Å²) in [6.07, 6.45) is 0. The van der Waals surface area contributed by atoms with Gasteiger partial charge < -0.3 is 15.8 Å². The summed E-state index contributed by atoms with van der Waals surface area (Å²) in [5, 5.41) is 2.83. The minimum Gasteiger partial charge on any atom is -0.366 e. The first-order valence-electron chi connectivity index (χ1n) is 6.10. The highest BCUT2D eigenvalue weighted by atomic mass is 16.5. The molecule has 0 fully saturated rings. The molecule has 0 atom stereocenters. The Morgan fingerprint density at radius 3 is 2.44 bits per heavy atom. The Kier molecular flexibility index (Phi) is 5.31. The maximum absolute atomic E-state index is 11.6. The predicted octanol–water partition coefficient (Wildman–Crippen LogP) is 1.58. The number of carbonyl (C=O) groups is 1. The molecule has 0 heterocycles. The van der Waals surface area contributed by atoms with Crippen molar-refractivity contribution in [3.63, 3.8) is 0 Å². The van der Waals surface area contributed by atoms with Crippen LogP contribution in [0.3, 0.4) is 0 Å². The number of amides is 1. The van der Waals surface area contributed by atoms with E-state index >= 15 is 0 Å². The highest BCUT2D eigenvalue weighted by Gasteiger charge is 2.12. The smallest absolute Gasteiger partial charge is 0.246 e. The van der Waals surface area contributed by atoms with Gasteiger partial charge in [0.2, 0.25) is 5.91 Å². The van der Waals surface area contributed by atoms with E-state index < -0.39 is 0 Å². The van der Waals surface area contributed by atoms with Gasteiger partial charge in [0.05, 0.1) is 5.60 Å². The number of hydrogen-bond donors (Lipinski definition) is 2. The summed E-state index contributed by atoms with van der Waals surface area (Å²) in [6, 6.07) is 7.81. The Morgan fingerprint density at radius 2 is 1.89 bits per heavy atom. The molecule has 0 aliphatic carbocycles. The van der Waals surface area contributed by atoms with Crippen molar-refractivity contribution in [3.05, 3.63) is 35.4 Å². The fraction of sp³-hybridized carbons (Fsp3) is 0.500. The summed E-state index contributed by atoms with van der Waals surface area (Å²) in [6.45, 7) is 6.80. The fourth-order valence-corrected chi connectivity index (χ4v) is 1.46. The molecule has 4 heteroatoms. The molecule has 1 rings (SSSR count). The number of nitrogens with one attached hydrogen (secondary N) is 1. The second kappa shape index (κ2) is 6.52. The molecule has 1 amide bonds. The van der Waals surface area contributed by atoms with Crippen molar-refractivity contribution in [3.8, 4) is 0 Å². The fourth-order valence-electron chi connectivity index (χ4n) is 1.46. The largest absolute Gasteiger partial charge is 0.366 e. The van der Waals surface area contributed by atoms with Crippen LogP contribution in [0.15, 0.2) is 24.3 Å². The predicted molar refractivity (Wildman–Crippen MR) is 71.9 cm³/mol. The molecule has 18 heavy (non-hydrogen) atoms. The molecule has 0 spiro atoms. The zero-order valence-corrected chi connectivity index (χ0v) is 11.3. The summed E-state index contributed by atoms with van der Waals surface area (Å²) in [5.41, 5.74) is 7.43. The lowest BCUT2D eigenvalue weighted by atomic mass is 10.1. The number of carbonyl (C=O) groups excluding carboxylic acids is 1. The molecular formula is C14H22N2O2. The Morgan fingerprint density at radius 1 is 1.28 bits per heavy atom. The lowest BCUT2D eigenvalue weighted by Gasteiger charge is -2.19. The van der Waals surface area contributed by atoms with Crippen LogP contribution < -0.4 is 11.1 Å². The van der Waals surface area contributed by atoms with Crippen molar-refractivity contribution in [1.29, 1.82) is 0 Å². The van der Waals surface area contributed by atoms with E-state index in [0.29, 0.717) is 13.1 Å². The molecule has 0 radical (unpaired) electrons. The topological polar surface area (TPSA) is 64.3 Å². The Hall–Kier alpha value is -1.39. The van der Waals surface area contributed by atoms with Gasteiger partial charge in [-0.1, -0.05) is 24.3 Å². The van der Waals surface area contributed by atoms with Crippen LogP contribution in [0.1, 0.15) is 31.9 Å². The van der Waals surface area contributed by atoms with Crippen LogP contribution in [0.5, 0.6) is 0 Å².